The third-order valence-electron chi connectivity index (χ3n) is 0. The minimum Gasteiger partial charge on any atom is -0.325 e. The molecule has 0 aromatic carbocycles. The van der Waals surface area contributed by atoms with Crippen molar-refractivity contribution in [2.45, 2.75) is 0 Å². The highest BCUT2D eigenvalue weighted by Gasteiger charge is 1.92. The highest BCUT2D eigenvalue weighted by atomic mass is 32.5. The first-order valence-electron chi connectivity index (χ1n) is 0.783. The Balaban J connectivity index is 0. The molecule has 0 saturated heterocycles. The van der Waals surface area contributed by atoms with Gasteiger partial charge >= 0.3 is 6.72 Å². The molecule has 0 aliphatic heterocycles. The molecule has 0 atom stereocenters. The van der Waals surface area contributed by atoms with E-state index in [4.69, 9.17) is 14.7 Å². The summed E-state index contributed by atoms with van der Waals surface area (Å²) >= 11 is 3.60. The van der Waals surface area contributed by atoms with Gasteiger partial charge in [0.1, 0.15) is 0 Å². The average molecular weight is 148 g/mol. The molecule has 0 unspecified atom stereocenters. The smallest absolute Gasteiger partial charge is 0.319 e. The van der Waals surface area contributed by atoms with Crippen molar-refractivity contribution in [3.05, 3.63) is 0 Å². The quantitative estimate of drug-likeness (QED) is 0.397. The van der Waals surface area contributed by atoms with Crippen molar-refractivity contribution in [3.8, 4) is 0 Å². The molecule has 0 fully saturated rings. The molecule has 0 bridgehead atoms. The van der Waals surface area contributed by atoms with E-state index in [-0.39, 0.29) is 13.5 Å². The van der Waals surface area contributed by atoms with Crippen LogP contribution >= 0.6 is 20.2 Å². The lowest BCUT2D eigenvalue weighted by Gasteiger charge is -1.88. The van der Waals surface area contributed by atoms with E-state index in [0.29, 0.717) is 0 Å². The van der Waals surface area contributed by atoms with Gasteiger partial charge in [0, 0.05) is 0 Å². The lowest BCUT2D eigenvalue weighted by atomic mass is 15.8. The zero-order valence-corrected chi connectivity index (χ0v) is 5.41. The molecule has 0 rings (SSSR count). The van der Waals surface area contributed by atoms with Crippen molar-refractivity contribution in [2.24, 2.45) is 0 Å². The van der Waals surface area contributed by atoms with Crippen LogP contribution in [-0.2, 0) is 11.8 Å². The largest absolute Gasteiger partial charge is 0.325 e. The summed E-state index contributed by atoms with van der Waals surface area (Å²) < 4.78 is 0. The molecule has 0 radical (unpaired) electrons. The van der Waals surface area contributed by atoms with Crippen LogP contribution in [-0.4, -0.2) is 14.7 Å². The fourth-order valence-electron chi connectivity index (χ4n) is 0. The summed E-state index contributed by atoms with van der Waals surface area (Å²) in [6, 6.07) is 0. The van der Waals surface area contributed by atoms with Crippen molar-refractivity contribution < 1.29 is 14.7 Å². The second kappa shape index (κ2) is 2.96. The first-order chi connectivity index (χ1) is 2.00. The molecule has 0 spiro atoms. The van der Waals surface area contributed by atoms with Crippen LogP contribution < -0.4 is 0 Å². The summed E-state index contributed by atoms with van der Waals surface area (Å²) in [5, 5.41) is 0. The van der Waals surface area contributed by atoms with Crippen molar-refractivity contribution in [3.63, 3.8) is 0 Å². The van der Waals surface area contributed by atoms with Crippen LogP contribution in [0.1, 0.15) is 0 Å². The Bertz CT molecular complexity index is 54.9. The molecule has 0 heterocycles. The lowest BCUT2D eigenvalue weighted by Crippen LogP contribution is -1.65. The van der Waals surface area contributed by atoms with Crippen molar-refractivity contribution in [1.82, 2.24) is 0 Å². The molecule has 6 heteroatoms. The number of rotatable bonds is 0. The molecule has 40 valence electrons. The normalized spacial score (nSPS) is 9.83. The SMILES string of the molecule is OP(O)(O)=S.S. The summed E-state index contributed by atoms with van der Waals surface area (Å²) in [7, 11) is 0. The third-order valence-corrected chi connectivity index (χ3v) is 0. The van der Waals surface area contributed by atoms with Gasteiger partial charge in [-0.25, -0.2) is 0 Å². The van der Waals surface area contributed by atoms with Crippen molar-refractivity contribution in [1.29, 1.82) is 0 Å². The summed E-state index contributed by atoms with van der Waals surface area (Å²) in [6.07, 6.45) is 0. The van der Waals surface area contributed by atoms with Gasteiger partial charge in [0.15, 0.2) is 0 Å². The van der Waals surface area contributed by atoms with E-state index in [1.807, 2.05) is 0 Å². The minimum atomic E-state index is -3.81. The van der Waals surface area contributed by atoms with Gasteiger partial charge in [0.05, 0.1) is 0 Å². The van der Waals surface area contributed by atoms with E-state index >= 15 is 0 Å². The molecule has 0 aliphatic rings. The van der Waals surface area contributed by atoms with Crippen LogP contribution in [0, 0.1) is 0 Å². The molecule has 3 N–H and O–H groups in total. The maximum Gasteiger partial charge on any atom is 0.319 e. The molecule has 0 aromatic heterocycles. The fraction of sp³-hybridized carbons (Fsp3) is 0. The Kier molecular flexibility index (Phi) is 4.92. The molecule has 6 heavy (non-hydrogen) atoms. The molecular weight excluding hydrogens is 143 g/mol. The van der Waals surface area contributed by atoms with Crippen LogP contribution in [0.2, 0.25) is 0 Å². The predicted molar refractivity (Wildman–Crippen MR) is 31.3 cm³/mol. The highest BCUT2D eigenvalue weighted by molar-refractivity contribution is 8.06. The van der Waals surface area contributed by atoms with Gasteiger partial charge in [-0.1, -0.05) is 0 Å². The van der Waals surface area contributed by atoms with Crippen LogP contribution in [0.5, 0.6) is 0 Å². The summed E-state index contributed by atoms with van der Waals surface area (Å²) in [6.45, 7) is -3.81. The van der Waals surface area contributed by atoms with E-state index in [2.05, 4.69) is 11.8 Å². The summed E-state index contributed by atoms with van der Waals surface area (Å²) in [5.74, 6) is 0. The Morgan fingerprint density at radius 2 is 1.17 bits per heavy atom. The minimum absolute atomic E-state index is 0. The summed E-state index contributed by atoms with van der Waals surface area (Å²) in [4.78, 5) is 22.7. The Morgan fingerprint density at radius 1 is 1.17 bits per heavy atom. The van der Waals surface area contributed by atoms with Gasteiger partial charge < -0.3 is 14.7 Å². The lowest BCUT2D eigenvalue weighted by molar-refractivity contribution is 0.363. The van der Waals surface area contributed by atoms with Crippen molar-refractivity contribution in [2.75, 3.05) is 0 Å². The summed E-state index contributed by atoms with van der Waals surface area (Å²) in [5.41, 5.74) is 0. The second-order valence-corrected chi connectivity index (χ2v) is 3.01. The first-order valence-corrected chi connectivity index (χ1v) is 3.44. The predicted octanol–water partition coefficient (Wildman–Crippen LogP) is -0.699. The topological polar surface area (TPSA) is 60.7 Å². The number of hydrogen-bond acceptors (Lipinski definition) is 1. The van der Waals surface area contributed by atoms with Crippen LogP contribution in [0.15, 0.2) is 0 Å². The van der Waals surface area contributed by atoms with Crippen LogP contribution in [0.3, 0.4) is 0 Å². The molecule has 0 amide bonds. The standard InChI is InChI=1S/H3O3PS.H2S/c1-4(2,3)5;/h(H3,1,2,3,5);1H2. The molecule has 3 nitrogen and oxygen atoms in total. The Morgan fingerprint density at radius 3 is 1.17 bits per heavy atom. The van der Waals surface area contributed by atoms with E-state index in [1.54, 1.807) is 0 Å². The first kappa shape index (κ1) is 9.99. The molecular formula is H5O3PS2. The van der Waals surface area contributed by atoms with Crippen LogP contribution in [0.25, 0.3) is 0 Å². The van der Waals surface area contributed by atoms with E-state index in [1.165, 1.54) is 0 Å². The molecule has 0 aromatic rings. The zero-order valence-electron chi connectivity index (χ0n) is 2.70. The number of hydrogen-bond donors (Lipinski definition) is 3. The van der Waals surface area contributed by atoms with E-state index < -0.39 is 6.72 Å². The fourth-order valence-corrected chi connectivity index (χ4v) is 0. The van der Waals surface area contributed by atoms with E-state index in [9.17, 15) is 0 Å². The van der Waals surface area contributed by atoms with Gasteiger partial charge in [-0.15, -0.1) is 0 Å². The van der Waals surface area contributed by atoms with E-state index in [0.717, 1.165) is 0 Å². The third kappa shape index (κ3) is 94.9. The second-order valence-electron chi connectivity index (χ2n) is 0.513. The van der Waals surface area contributed by atoms with Gasteiger partial charge in [0.2, 0.25) is 0 Å². The molecule has 0 saturated carbocycles. The van der Waals surface area contributed by atoms with Gasteiger partial charge in [-0.3, -0.25) is 0 Å². The van der Waals surface area contributed by atoms with Gasteiger partial charge in [-0.05, 0) is 11.8 Å². The van der Waals surface area contributed by atoms with Gasteiger partial charge in [-0.2, -0.15) is 13.5 Å². The molecule has 0 aliphatic carbocycles. The van der Waals surface area contributed by atoms with Crippen LogP contribution in [0.4, 0.5) is 0 Å². The monoisotopic (exact) mass is 148 g/mol. The maximum absolute atomic E-state index is 7.56. The van der Waals surface area contributed by atoms with Gasteiger partial charge in [0.25, 0.3) is 0 Å². The highest BCUT2D eigenvalue weighted by Crippen LogP contribution is 2.26. The van der Waals surface area contributed by atoms with Crippen molar-refractivity contribution >= 4 is 32.0 Å². The average Bonchev–Trinajstić information content (AvgIpc) is 0.722. The Labute approximate surface area is 47.3 Å². The Hall–Kier alpha value is 0.880. The maximum atomic E-state index is 7.56. The zero-order chi connectivity index (χ0) is 4.50.